The molecule has 0 radical (unpaired) electrons. The number of nitrogens with one attached hydrogen (secondary N) is 3. The summed E-state index contributed by atoms with van der Waals surface area (Å²) in [5.74, 6) is -1.76. The number of amides is 1. The Hall–Kier alpha value is -2.75. The van der Waals surface area contributed by atoms with Crippen molar-refractivity contribution in [1.29, 1.82) is 0 Å². The molecule has 1 aliphatic rings. The third-order valence-corrected chi connectivity index (χ3v) is 6.67. The highest BCUT2D eigenvalue weighted by Gasteiger charge is 2.57. The van der Waals surface area contributed by atoms with Gasteiger partial charge < -0.3 is 14.8 Å². The Morgan fingerprint density at radius 2 is 1.75 bits per heavy atom. The molecule has 0 saturated carbocycles. The molecule has 0 aliphatic carbocycles. The van der Waals surface area contributed by atoms with Gasteiger partial charge in [-0.2, -0.15) is 9.97 Å². The second-order valence-corrected chi connectivity index (χ2v) is 8.76. The van der Waals surface area contributed by atoms with E-state index in [2.05, 4.69) is 20.6 Å². The number of hydrogen-bond donors (Lipinski definition) is 4. The zero-order chi connectivity index (χ0) is 21.2. The molecule has 15 heteroatoms. The minimum Gasteiger partial charge on any atom is -0.481 e. The number of nitrogens with zero attached hydrogens (tertiary/aromatic N) is 2. The number of primary sulfonamides is 1. The molecule has 154 valence electrons. The average molecular weight is 434 g/mol. The summed E-state index contributed by atoms with van der Waals surface area (Å²) in [5, 5.41) is 9.60. The van der Waals surface area contributed by atoms with E-state index in [-0.39, 0.29) is 11.8 Å². The Balaban J connectivity index is 2.61. The molecule has 1 aromatic rings. The summed E-state index contributed by atoms with van der Waals surface area (Å²) < 4.78 is 61.2. The second-order valence-electron chi connectivity index (χ2n) is 5.20. The van der Waals surface area contributed by atoms with E-state index in [1.165, 1.54) is 26.4 Å². The van der Waals surface area contributed by atoms with Crippen LogP contribution >= 0.6 is 0 Å². The van der Waals surface area contributed by atoms with E-state index in [1.807, 2.05) is 4.72 Å². The van der Waals surface area contributed by atoms with Crippen molar-refractivity contribution >= 4 is 31.9 Å². The van der Waals surface area contributed by atoms with Gasteiger partial charge in [-0.15, -0.1) is 0 Å². The molecule has 1 atom stereocenters. The van der Waals surface area contributed by atoms with Gasteiger partial charge in [0.2, 0.25) is 37.8 Å². The van der Waals surface area contributed by atoms with Crippen molar-refractivity contribution in [2.75, 3.05) is 26.6 Å². The predicted molar refractivity (Wildman–Crippen MR) is 97.9 cm³/mol. The van der Waals surface area contributed by atoms with Gasteiger partial charge in [0.1, 0.15) is 4.91 Å². The molecule has 1 amide bonds. The topological polar surface area (TPSA) is 192 Å². The molecule has 1 aliphatic heterocycles. The molecule has 2 heterocycles. The minimum atomic E-state index is -4.86. The van der Waals surface area contributed by atoms with Gasteiger partial charge >= 0.3 is 0 Å². The second kappa shape index (κ2) is 7.70. The lowest BCUT2D eigenvalue weighted by molar-refractivity contribution is -0.118. The number of sulfonamides is 2. The summed E-state index contributed by atoms with van der Waals surface area (Å²) >= 11 is 0. The molecule has 28 heavy (non-hydrogen) atoms. The van der Waals surface area contributed by atoms with Gasteiger partial charge in [0.05, 0.1) is 20.3 Å². The van der Waals surface area contributed by atoms with Crippen LogP contribution in [0.25, 0.3) is 0 Å². The summed E-state index contributed by atoms with van der Waals surface area (Å²) in [7, 11) is -5.60. The maximum absolute atomic E-state index is 12.9. The van der Waals surface area contributed by atoms with Crippen LogP contribution in [0.2, 0.25) is 0 Å². The molecular weight excluding hydrogens is 416 g/mol. The van der Waals surface area contributed by atoms with Crippen molar-refractivity contribution in [1.82, 2.24) is 20.0 Å². The predicted octanol–water partition coefficient (Wildman–Crippen LogP) is -2.03. The number of rotatable bonds is 7. The zero-order valence-electron chi connectivity index (χ0n) is 15.0. The van der Waals surface area contributed by atoms with Crippen LogP contribution < -0.4 is 30.0 Å². The number of methoxy groups -OCH3 is 2. The van der Waals surface area contributed by atoms with Crippen molar-refractivity contribution in [3.05, 3.63) is 29.3 Å². The van der Waals surface area contributed by atoms with Gasteiger partial charge in [-0.1, -0.05) is 0 Å². The molecule has 13 nitrogen and oxygen atoms in total. The van der Waals surface area contributed by atoms with Crippen LogP contribution in [0.5, 0.6) is 11.8 Å². The first-order valence-electron chi connectivity index (χ1n) is 7.41. The first-order chi connectivity index (χ1) is 13.0. The molecule has 0 spiro atoms. The Morgan fingerprint density at radius 1 is 1.18 bits per heavy atom. The minimum absolute atomic E-state index is 0.00177. The summed E-state index contributed by atoms with van der Waals surface area (Å²) in [4.78, 5) is 16.9. The normalized spacial score (nSPS) is 19.4. The quantitative estimate of drug-likeness (QED) is 0.372. The lowest BCUT2D eigenvalue weighted by Crippen LogP contribution is -2.64. The fraction of sp³-hybridized carbons (Fsp3) is 0.308. The maximum Gasteiger partial charge on any atom is 0.275 e. The third kappa shape index (κ3) is 3.77. The molecule has 2 rings (SSSR count). The van der Waals surface area contributed by atoms with E-state index >= 15 is 0 Å². The van der Waals surface area contributed by atoms with Gasteiger partial charge in [-0.3, -0.25) is 10.1 Å². The van der Waals surface area contributed by atoms with Crippen molar-refractivity contribution in [2.45, 2.75) is 4.87 Å². The first-order valence-corrected chi connectivity index (χ1v) is 10.4. The summed E-state index contributed by atoms with van der Waals surface area (Å²) in [6.07, 6.45) is 3.19. The third-order valence-electron chi connectivity index (χ3n) is 3.60. The molecule has 1 aromatic heterocycles. The number of nitrogens with two attached hydrogens (primary N) is 1. The summed E-state index contributed by atoms with van der Waals surface area (Å²) in [6, 6.07) is 1.31. The zero-order valence-corrected chi connectivity index (χ0v) is 16.6. The molecule has 0 bridgehead atoms. The Labute approximate surface area is 161 Å². The lowest BCUT2D eigenvalue weighted by Gasteiger charge is -2.33. The number of anilines is 1. The van der Waals surface area contributed by atoms with Gasteiger partial charge in [0, 0.05) is 0 Å². The molecule has 1 unspecified atom stereocenters. The van der Waals surface area contributed by atoms with Crippen LogP contribution in [0.3, 0.4) is 0 Å². The van der Waals surface area contributed by atoms with Crippen molar-refractivity contribution in [3.63, 3.8) is 0 Å². The highest BCUT2D eigenvalue weighted by Crippen LogP contribution is 2.30. The van der Waals surface area contributed by atoms with E-state index in [4.69, 9.17) is 14.6 Å². The van der Waals surface area contributed by atoms with Gasteiger partial charge in [-0.25, -0.2) is 26.7 Å². The molecule has 5 N–H and O–H groups in total. The lowest BCUT2D eigenvalue weighted by atomic mass is 10.2. The molecular formula is C13H18N6O7S2. The highest BCUT2D eigenvalue weighted by atomic mass is 32.2. The summed E-state index contributed by atoms with van der Waals surface area (Å²) in [6.45, 7) is 0. The number of carbonyl (C=O) groups is 1. The molecule has 0 aromatic carbocycles. The van der Waals surface area contributed by atoms with Crippen LogP contribution in [-0.2, 0) is 24.8 Å². The highest BCUT2D eigenvalue weighted by molar-refractivity contribution is 7.97. The Kier molecular flexibility index (Phi) is 5.93. The van der Waals surface area contributed by atoms with Crippen molar-refractivity contribution in [3.8, 4) is 11.8 Å². The number of carbonyl (C=O) groups excluding carboxylic acids is 1. The largest absolute Gasteiger partial charge is 0.481 e. The average Bonchev–Trinajstić information content (AvgIpc) is 2.66. The van der Waals surface area contributed by atoms with Crippen LogP contribution in [0.15, 0.2) is 29.3 Å². The standard InChI is InChI=1S/C13H18N6O7S2/c1-15-27(21,22)8-5-4-6-16-13(8,28(14,23)24)11(20)19-12-17-9(25-2)7-10(18-12)26-3/h4-7,15-16H,1-3H3,(H2,14,23,24)(H,17,18,19,20). The number of dihydropyridines is 1. The van der Waals surface area contributed by atoms with Crippen LogP contribution in [0.4, 0.5) is 5.95 Å². The van der Waals surface area contributed by atoms with Crippen LogP contribution in [-0.4, -0.2) is 58.8 Å². The fourth-order valence-corrected chi connectivity index (χ4v) is 4.84. The Bertz CT molecular complexity index is 1030. The van der Waals surface area contributed by atoms with Gasteiger partial charge in [0.25, 0.3) is 10.8 Å². The number of ether oxygens (including phenoxy) is 2. The fourth-order valence-electron chi connectivity index (χ4n) is 2.27. The maximum atomic E-state index is 12.9. The van der Waals surface area contributed by atoms with E-state index < -0.39 is 41.7 Å². The van der Waals surface area contributed by atoms with E-state index in [0.717, 1.165) is 19.3 Å². The molecule has 0 saturated heterocycles. The smallest absolute Gasteiger partial charge is 0.275 e. The summed E-state index contributed by atoms with van der Waals surface area (Å²) in [5.41, 5.74) is 0. The van der Waals surface area contributed by atoms with Crippen LogP contribution in [0.1, 0.15) is 0 Å². The first kappa shape index (κ1) is 21.5. The van der Waals surface area contributed by atoms with Crippen LogP contribution in [0, 0.1) is 0 Å². The molecule has 0 fully saturated rings. The van der Waals surface area contributed by atoms with Crippen molar-refractivity contribution in [2.24, 2.45) is 5.14 Å². The SMILES string of the molecule is CNS(=O)(=O)C1=CC=CNC1(C(=O)Nc1nc(OC)cc(OC)n1)S(N)(=O)=O. The van der Waals surface area contributed by atoms with Crippen molar-refractivity contribution < 1.29 is 31.1 Å². The van der Waals surface area contributed by atoms with E-state index in [1.54, 1.807) is 0 Å². The van der Waals surface area contributed by atoms with E-state index in [9.17, 15) is 21.6 Å². The number of hydrogen-bond acceptors (Lipinski definition) is 10. The van der Waals surface area contributed by atoms with E-state index in [0.29, 0.717) is 0 Å². The van der Waals surface area contributed by atoms with Gasteiger partial charge in [0.15, 0.2) is 0 Å². The number of aromatic nitrogens is 2. The Morgan fingerprint density at radius 3 is 2.21 bits per heavy atom. The van der Waals surface area contributed by atoms with Gasteiger partial charge in [-0.05, 0) is 25.4 Å². The number of allylic oxidation sites excluding steroid dienone is 2. The monoisotopic (exact) mass is 434 g/mol.